The predicted molar refractivity (Wildman–Crippen MR) is 83.9 cm³/mol. The lowest BCUT2D eigenvalue weighted by atomic mass is 9.74. The van der Waals surface area contributed by atoms with Gasteiger partial charge >= 0.3 is 0 Å². The maximum absolute atomic E-state index is 12.7. The van der Waals surface area contributed by atoms with E-state index in [0.717, 1.165) is 36.0 Å². The molecule has 2 saturated carbocycles. The molecule has 2 unspecified atom stereocenters. The molecule has 0 saturated heterocycles. The van der Waals surface area contributed by atoms with E-state index in [1.54, 1.807) is 14.0 Å². The molecule has 2 atom stereocenters. The second kappa shape index (κ2) is 5.61. The van der Waals surface area contributed by atoms with Gasteiger partial charge in [-0.2, -0.15) is 0 Å². The van der Waals surface area contributed by atoms with Crippen LogP contribution in [-0.2, 0) is 9.59 Å². The first-order valence-electron chi connectivity index (χ1n) is 7.75. The van der Waals surface area contributed by atoms with Crippen LogP contribution in [0.5, 0.6) is 5.75 Å². The van der Waals surface area contributed by atoms with Gasteiger partial charge in [0.25, 0.3) is 0 Å². The molecule has 0 aromatic heterocycles. The molecule has 2 bridgehead atoms. The molecule has 114 valence electrons. The molecular weight excluding hydrogens is 276 g/mol. The molecule has 0 heterocycles. The van der Waals surface area contributed by atoms with E-state index in [2.05, 4.69) is 11.8 Å². The molecule has 3 nitrogen and oxygen atoms in total. The summed E-state index contributed by atoms with van der Waals surface area (Å²) in [6.07, 6.45) is 2.45. The maximum atomic E-state index is 12.7. The Morgan fingerprint density at radius 3 is 2.32 bits per heavy atom. The SMILES string of the molecule is CC#Cc1cc(C)c(C2C(=O)C3CCC(C3)C2=O)c(OC)c1. The molecule has 0 amide bonds. The number of methoxy groups -OCH3 is 1. The van der Waals surface area contributed by atoms with Gasteiger partial charge in [0.2, 0.25) is 0 Å². The van der Waals surface area contributed by atoms with E-state index in [-0.39, 0.29) is 23.4 Å². The summed E-state index contributed by atoms with van der Waals surface area (Å²) in [6.45, 7) is 3.71. The van der Waals surface area contributed by atoms with Crippen molar-refractivity contribution >= 4 is 11.6 Å². The summed E-state index contributed by atoms with van der Waals surface area (Å²) in [5, 5.41) is 0. The monoisotopic (exact) mass is 296 g/mol. The van der Waals surface area contributed by atoms with Crippen molar-refractivity contribution in [2.45, 2.75) is 39.0 Å². The van der Waals surface area contributed by atoms with Gasteiger partial charge in [-0.1, -0.05) is 5.92 Å². The van der Waals surface area contributed by atoms with Crippen LogP contribution in [0.4, 0.5) is 0 Å². The van der Waals surface area contributed by atoms with Crippen LogP contribution in [0.2, 0.25) is 0 Å². The van der Waals surface area contributed by atoms with Crippen LogP contribution >= 0.6 is 0 Å². The number of Topliss-reactive ketones (excluding diaryl/α,β-unsaturated/α-hetero) is 2. The van der Waals surface area contributed by atoms with Crippen molar-refractivity contribution < 1.29 is 14.3 Å². The molecule has 1 aromatic carbocycles. The van der Waals surface area contributed by atoms with Crippen LogP contribution in [0.3, 0.4) is 0 Å². The van der Waals surface area contributed by atoms with E-state index in [1.807, 2.05) is 19.1 Å². The van der Waals surface area contributed by atoms with Gasteiger partial charge in [-0.3, -0.25) is 9.59 Å². The van der Waals surface area contributed by atoms with Gasteiger partial charge in [-0.15, -0.1) is 5.92 Å². The minimum atomic E-state index is -0.648. The van der Waals surface area contributed by atoms with Gasteiger partial charge in [-0.05, 0) is 50.8 Å². The maximum Gasteiger partial charge on any atom is 0.151 e. The largest absolute Gasteiger partial charge is 0.496 e. The Labute approximate surface area is 131 Å². The average Bonchev–Trinajstić information content (AvgIpc) is 2.94. The summed E-state index contributed by atoms with van der Waals surface area (Å²) in [6, 6.07) is 3.77. The van der Waals surface area contributed by atoms with Gasteiger partial charge in [0.05, 0.1) is 7.11 Å². The van der Waals surface area contributed by atoms with Crippen molar-refractivity contribution in [1.82, 2.24) is 0 Å². The summed E-state index contributed by atoms with van der Waals surface area (Å²) in [5.74, 6) is 6.08. The van der Waals surface area contributed by atoms with Crippen molar-refractivity contribution in [1.29, 1.82) is 0 Å². The third-order valence-corrected chi connectivity index (χ3v) is 4.93. The summed E-state index contributed by atoms with van der Waals surface area (Å²) in [5.41, 5.74) is 2.50. The minimum Gasteiger partial charge on any atom is -0.496 e. The second-order valence-electron chi connectivity index (χ2n) is 6.23. The van der Waals surface area contributed by atoms with Crippen molar-refractivity contribution in [3.05, 3.63) is 28.8 Å². The number of rotatable bonds is 2. The Balaban J connectivity index is 2.12. The fraction of sp³-hybridized carbons (Fsp3) is 0.474. The van der Waals surface area contributed by atoms with E-state index < -0.39 is 5.92 Å². The Hall–Kier alpha value is -2.08. The first kappa shape index (κ1) is 14.8. The topological polar surface area (TPSA) is 43.4 Å². The number of ether oxygens (including phenoxy) is 1. The molecule has 22 heavy (non-hydrogen) atoms. The van der Waals surface area contributed by atoms with Crippen LogP contribution in [0.15, 0.2) is 12.1 Å². The highest BCUT2D eigenvalue weighted by molar-refractivity contribution is 6.12. The number of carbonyl (C=O) groups is 2. The summed E-state index contributed by atoms with van der Waals surface area (Å²) < 4.78 is 5.48. The van der Waals surface area contributed by atoms with Crippen molar-refractivity contribution in [2.75, 3.05) is 7.11 Å². The molecule has 0 radical (unpaired) electrons. The van der Waals surface area contributed by atoms with Crippen LogP contribution in [0.25, 0.3) is 0 Å². The molecule has 3 rings (SSSR count). The van der Waals surface area contributed by atoms with E-state index in [9.17, 15) is 9.59 Å². The average molecular weight is 296 g/mol. The third kappa shape index (κ3) is 2.23. The number of ketones is 2. The Bertz CT molecular complexity index is 683. The Kier molecular flexibility index (Phi) is 3.78. The number of carbonyl (C=O) groups excluding carboxylic acids is 2. The normalized spacial score (nSPS) is 26.6. The zero-order valence-electron chi connectivity index (χ0n) is 13.2. The first-order chi connectivity index (χ1) is 10.6. The van der Waals surface area contributed by atoms with Crippen LogP contribution in [-0.4, -0.2) is 18.7 Å². The predicted octanol–water partition coefficient (Wildman–Crippen LogP) is 3.03. The highest BCUT2D eigenvalue weighted by Crippen LogP contribution is 2.46. The summed E-state index contributed by atoms with van der Waals surface area (Å²) >= 11 is 0. The first-order valence-corrected chi connectivity index (χ1v) is 7.75. The quantitative estimate of drug-likeness (QED) is 0.622. The van der Waals surface area contributed by atoms with Gasteiger partial charge < -0.3 is 4.74 Å². The second-order valence-corrected chi connectivity index (χ2v) is 6.23. The summed E-state index contributed by atoms with van der Waals surface area (Å²) in [7, 11) is 1.58. The molecule has 1 aromatic rings. The van der Waals surface area contributed by atoms with Crippen LogP contribution in [0.1, 0.15) is 48.8 Å². The lowest BCUT2D eigenvalue weighted by molar-refractivity contribution is -0.136. The fourth-order valence-electron chi connectivity index (χ4n) is 3.92. The molecule has 2 aliphatic carbocycles. The van der Waals surface area contributed by atoms with Crippen molar-refractivity contribution in [2.24, 2.45) is 11.8 Å². The molecule has 0 spiro atoms. The van der Waals surface area contributed by atoms with Gasteiger partial charge in [0.15, 0.2) is 11.6 Å². The van der Waals surface area contributed by atoms with Crippen LogP contribution in [0, 0.1) is 30.6 Å². The Morgan fingerprint density at radius 1 is 1.14 bits per heavy atom. The highest BCUT2D eigenvalue weighted by Gasteiger charge is 2.48. The lowest BCUT2D eigenvalue weighted by Gasteiger charge is -2.28. The molecule has 2 fully saturated rings. The highest BCUT2D eigenvalue weighted by atomic mass is 16.5. The van der Waals surface area contributed by atoms with E-state index in [4.69, 9.17) is 4.74 Å². The molecule has 0 aliphatic heterocycles. The number of hydrogen-bond acceptors (Lipinski definition) is 3. The lowest BCUT2D eigenvalue weighted by Crippen LogP contribution is -2.35. The third-order valence-electron chi connectivity index (χ3n) is 4.93. The Morgan fingerprint density at radius 2 is 1.77 bits per heavy atom. The molecule has 2 aliphatic rings. The van der Waals surface area contributed by atoms with Crippen molar-refractivity contribution in [3.63, 3.8) is 0 Å². The zero-order valence-corrected chi connectivity index (χ0v) is 13.2. The smallest absolute Gasteiger partial charge is 0.151 e. The fourth-order valence-corrected chi connectivity index (χ4v) is 3.92. The van der Waals surface area contributed by atoms with E-state index in [1.165, 1.54) is 0 Å². The standard InChI is InChI=1S/C19H20O3/c1-4-5-12-8-11(2)16(15(9-12)22-3)17-18(20)13-6-7-14(10-13)19(17)21/h8-9,13-14,17H,6-7,10H2,1-3H3. The summed E-state index contributed by atoms with van der Waals surface area (Å²) in [4.78, 5) is 25.4. The zero-order chi connectivity index (χ0) is 15.9. The number of benzene rings is 1. The van der Waals surface area contributed by atoms with Crippen molar-refractivity contribution in [3.8, 4) is 17.6 Å². The van der Waals surface area contributed by atoms with E-state index >= 15 is 0 Å². The number of fused-ring (bicyclic) bond motifs is 2. The van der Waals surface area contributed by atoms with Gasteiger partial charge in [0, 0.05) is 23.0 Å². The minimum absolute atomic E-state index is 0.0481. The van der Waals surface area contributed by atoms with Crippen LogP contribution < -0.4 is 4.74 Å². The number of hydrogen-bond donors (Lipinski definition) is 0. The molecular formula is C19H20O3. The van der Waals surface area contributed by atoms with Gasteiger partial charge in [-0.25, -0.2) is 0 Å². The van der Waals surface area contributed by atoms with E-state index in [0.29, 0.717) is 5.75 Å². The number of aryl methyl sites for hydroxylation is 1. The molecule has 0 N–H and O–H groups in total. The van der Waals surface area contributed by atoms with Gasteiger partial charge in [0.1, 0.15) is 11.7 Å². The molecule has 3 heteroatoms.